The molecule has 1 aliphatic rings. The zero-order valence-corrected chi connectivity index (χ0v) is 17.5. The number of hydrogen-bond acceptors (Lipinski definition) is 10. The van der Waals surface area contributed by atoms with E-state index in [1.54, 1.807) is 19.1 Å². The quantitative estimate of drug-likeness (QED) is 0.365. The number of nitrogens with one attached hydrogen (secondary N) is 1. The number of aromatic nitrogens is 4. The van der Waals surface area contributed by atoms with Crippen LogP contribution in [0.15, 0.2) is 32.6 Å². The summed E-state index contributed by atoms with van der Waals surface area (Å²) < 4.78 is 16.4. The Labute approximate surface area is 177 Å². The Hall–Kier alpha value is -3.18. The van der Waals surface area contributed by atoms with Crippen LogP contribution in [0.2, 0.25) is 0 Å². The number of fused-ring (bicyclic) bond motifs is 2. The molecular formula is C19H14N4O5S2. The molecule has 4 heterocycles. The van der Waals surface area contributed by atoms with Crippen LogP contribution in [0.4, 0.5) is 0 Å². The van der Waals surface area contributed by atoms with Crippen LogP contribution in [-0.4, -0.2) is 32.7 Å². The molecule has 0 atom stereocenters. The summed E-state index contributed by atoms with van der Waals surface area (Å²) in [6, 6.07) is 5.38. The fourth-order valence-electron chi connectivity index (χ4n) is 3.14. The number of nitrogens with zero attached hydrogens (tertiary/aromatic N) is 3. The lowest BCUT2D eigenvalue weighted by atomic mass is 10.2. The van der Waals surface area contributed by atoms with Gasteiger partial charge in [-0.2, -0.15) is 0 Å². The Bertz CT molecular complexity index is 1360. The summed E-state index contributed by atoms with van der Waals surface area (Å²) in [6.07, 6.45) is 0. The zero-order chi connectivity index (χ0) is 20.8. The van der Waals surface area contributed by atoms with Crippen molar-refractivity contribution < 1.29 is 18.7 Å². The maximum absolute atomic E-state index is 12.5. The molecule has 30 heavy (non-hydrogen) atoms. The fourth-order valence-corrected chi connectivity index (χ4v) is 4.87. The summed E-state index contributed by atoms with van der Waals surface area (Å²) in [5.74, 6) is 2.39. The monoisotopic (exact) mass is 442 g/mol. The van der Waals surface area contributed by atoms with Gasteiger partial charge in [0.2, 0.25) is 12.7 Å². The van der Waals surface area contributed by atoms with Crippen molar-refractivity contribution >= 4 is 39.1 Å². The molecular weight excluding hydrogens is 428 g/mol. The van der Waals surface area contributed by atoms with Crippen LogP contribution in [0.1, 0.15) is 28.0 Å². The first-order chi connectivity index (χ1) is 14.5. The van der Waals surface area contributed by atoms with E-state index in [-0.39, 0.29) is 18.1 Å². The molecule has 0 radical (unpaired) electrons. The summed E-state index contributed by atoms with van der Waals surface area (Å²) >= 11 is 2.49. The first kappa shape index (κ1) is 18.8. The second-order valence-electron chi connectivity index (χ2n) is 6.53. The van der Waals surface area contributed by atoms with Gasteiger partial charge in [-0.25, -0.2) is 4.98 Å². The standard InChI is InChI=1S/C19H14N4O5S2/c1-8-14-16(25)20-13(21-18(14)30-15(8)9(2)24)6-29-19-23-22-17(28-19)10-3-4-11-12(5-10)27-7-26-11/h3-5H,6-7H2,1-2H3,(H,20,21,25). The van der Waals surface area contributed by atoms with Gasteiger partial charge in [0, 0.05) is 5.56 Å². The van der Waals surface area contributed by atoms with Crippen LogP contribution in [0.5, 0.6) is 11.5 Å². The van der Waals surface area contributed by atoms with Crippen molar-refractivity contribution in [3.8, 4) is 23.0 Å². The number of rotatable bonds is 5. The smallest absolute Gasteiger partial charge is 0.277 e. The average Bonchev–Trinajstić information content (AvgIpc) is 3.44. The summed E-state index contributed by atoms with van der Waals surface area (Å²) in [5, 5.41) is 8.91. The van der Waals surface area contributed by atoms with Crippen molar-refractivity contribution in [2.75, 3.05) is 6.79 Å². The molecule has 9 nitrogen and oxygen atoms in total. The molecule has 3 aromatic heterocycles. The van der Waals surface area contributed by atoms with Crippen LogP contribution in [0.3, 0.4) is 0 Å². The highest BCUT2D eigenvalue weighted by molar-refractivity contribution is 7.98. The summed E-state index contributed by atoms with van der Waals surface area (Å²) in [6.45, 7) is 3.43. The topological polar surface area (TPSA) is 120 Å². The van der Waals surface area contributed by atoms with Crippen molar-refractivity contribution in [2.24, 2.45) is 0 Å². The molecule has 1 aliphatic heterocycles. The second kappa shape index (κ2) is 7.26. The zero-order valence-electron chi connectivity index (χ0n) is 15.8. The number of aromatic amines is 1. The van der Waals surface area contributed by atoms with Gasteiger partial charge in [0.25, 0.3) is 10.8 Å². The highest BCUT2D eigenvalue weighted by atomic mass is 32.2. The van der Waals surface area contributed by atoms with Gasteiger partial charge in [0.1, 0.15) is 10.7 Å². The summed E-state index contributed by atoms with van der Waals surface area (Å²) in [7, 11) is 0. The average molecular weight is 442 g/mol. The van der Waals surface area contributed by atoms with Crippen molar-refractivity contribution in [3.05, 3.63) is 44.8 Å². The van der Waals surface area contributed by atoms with Gasteiger partial charge in [-0.3, -0.25) is 9.59 Å². The first-order valence-corrected chi connectivity index (χ1v) is 10.7. The lowest BCUT2D eigenvalue weighted by Gasteiger charge is -1.99. The normalized spacial score (nSPS) is 12.6. The third-order valence-electron chi connectivity index (χ3n) is 4.53. The van der Waals surface area contributed by atoms with Gasteiger partial charge in [-0.1, -0.05) is 11.8 Å². The summed E-state index contributed by atoms with van der Waals surface area (Å²) in [5.41, 5.74) is 1.13. The lowest BCUT2D eigenvalue weighted by Crippen LogP contribution is -2.11. The van der Waals surface area contributed by atoms with Crippen molar-refractivity contribution in [3.63, 3.8) is 0 Å². The highest BCUT2D eigenvalue weighted by Crippen LogP contribution is 2.36. The first-order valence-electron chi connectivity index (χ1n) is 8.89. The number of H-pyrrole nitrogens is 1. The molecule has 152 valence electrons. The largest absolute Gasteiger partial charge is 0.454 e. The van der Waals surface area contributed by atoms with Crippen LogP contribution >= 0.6 is 23.1 Å². The Balaban J connectivity index is 1.36. The number of ketones is 1. The maximum Gasteiger partial charge on any atom is 0.277 e. The van der Waals surface area contributed by atoms with Gasteiger partial charge >= 0.3 is 0 Å². The van der Waals surface area contributed by atoms with Crippen LogP contribution in [0.25, 0.3) is 21.7 Å². The minimum absolute atomic E-state index is 0.0762. The van der Waals surface area contributed by atoms with E-state index in [0.29, 0.717) is 54.8 Å². The number of Topliss-reactive ketones (excluding diaryl/α,β-unsaturated/α-hetero) is 1. The molecule has 0 aliphatic carbocycles. The molecule has 0 amide bonds. The molecule has 0 fully saturated rings. The second-order valence-corrected chi connectivity index (χ2v) is 8.46. The molecule has 0 unspecified atom stereocenters. The molecule has 0 saturated heterocycles. The molecule has 0 spiro atoms. The predicted molar refractivity (Wildman–Crippen MR) is 110 cm³/mol. The van der Waals surface area contributed by atoms with E-state index in [0.717, 1.165) is 5.56 Å². The molecule has 5 rings (SSSR count). The minimum Gasteiger partial charge on any atom is -0.454 e. The molecule has 1 N–H and O–H groups in total. The Morgan fingerprint density at radius 1 is 1.27 bits per heavy atom. The van der Waals surface area contributed by atoms with E-state index in [4.69, 9.17) is 13.9 Å². The van der Waals surface area contributed by atoms with Gasteiger partial charge < -0.3 is 18.9 Å². The Morgan fingerprint density at radius 2 is 2.10 bits per heavy atom. The fraction of sp³-hybridized carbons (Fsp3) is 0.211. The molecule has 1 aromatic carbocycles. The number of hydrogen-bond donors (Lipinski definition) is 1. The Morgan fingerprint density at radius 3 is 2.93 bits per heavy atom. The van der Waals surface area contributed by atoms with Crippen molar-refractivity contribution in [2.45, 2.75) is 24.8 Å². The van der Waals surface area contributed by atoms with Crippen LogP contribution < -0.4 is 15.0 Å². The van der Waals surface area contributed by atoms with Crippen LogP contribution in [0, 0.1) is 6.92 Å². The van der Waals surface area contributed by atoms with Crippen molar-refractivity contribution in [1.82, 2.24) is 20.2 Å². The number of thioether (sulfide) groups is 1. The van der Waals surface area contributed by atoms with E-state index in [9.17, 15) is 9.59 Å². The predicted octanol–water partition coefficient (Wildman–Crippen LogP) is 3.57. The van der Waals surface area contributed by atoms with Gasteiger partial charge in [-0.15, -0.1) is 21.5 Å². The number of carbonyl (C=O) groups is 1. The van der Waals surface area contributed by atoms with E-state index in [1.165, 1.54) is 30.0 Å². The number of aryl methyl sites for hydroxylation is 1. The van der Waals surface area contributed by atoms with E-state index < -0.39 is 0 Å². The lowest BCUT2D eigenvalue weighted by molar-refractivity contribution is 0.102. The van der Waals surface area contributed by atoms with Gasteiger partial charge in [0.05, 0.1) is 16.0 Å². The third-order valence-corrected chi connectivity index (χ3v) is 6.64. The van der Waals surface area contributed by atoms with Gasteiger partial charge in [-0.05, 0) is 37.6 Å². The third kappa shape index (κ3) is 3.25. The minimum atomic E-state index is -0.261. The Kier molecular flexibility index (Phi) is 4.55. The number of thiophene rings is 1. The van der Waals surface area contributed by atoms with Crippen LogP contribution in [-0.2, 0) is 5.75 Å². The van der Waals surface area contributed by atoms with E-state index >= 15 is 0 Å². The molecule has 0 saturated carbocycles. The van der Waals surface area contributed by atoms with E-state index in [1.807, 2.05) is 6.07 Å². The summed E-state index contributed by atoms with van der Waals surface area (Å²) in [4.78, 5) is 32.6. The SMILES string of the molecule is CC(=O)c1sc2nc(CSc3nnc(-c4ccc5c(c4)OCO5)o3)[nH]c(=O)c2c1C. The number of carbonyl (C=O) groups excluding carboxylic acids is 1. The number of ether oxygens (including phenoxy) is 2. The molecule has 4 aromatic rings. The van der Waals surface area contributed by atoms with Crippen molar-refractivity contribution in [1.29, 1.82) is 0 Å². The highest BCUT2D eigenvalue weighted by Gasteiger charge is 2.19. The maximum atomic E-state index is 12.5. The number of benzene rings is 1. The van der Waals surface area contributed by atoms with E-state index in [2.05, 4.69) is 20.2 Å². The molecule has 0 bridgehead atoms. The van der Waals surface area contributed by atoms with Gasteiger partial charge in [0.15, 0.2) is 17.3 Å². The molecule has 11 heteroatoms.